The Kier molecular flexibility index (Phi) is 4.23. The molecule has 2 N–H and O–H groups in total. The van der Waals surface area contributed by atoms with E-state index in [0.29, 0.717) is 17.4 Å². The summed E-state index contributed by atoms with van der Waals surface area (Å²) in [4.78, 5) is 37.9. The first-order valence-corrected chi connectivity index (χ1v) is 6.57. The third kappa shape index (κ3) is 3.03. The molecule has 21 heavy (non-hydrogen) atoms. The van der Waals surface area contributed by atoms with E-state index < -0.39 is 11.6 Å². The second kappa shape index (κ2) is 5.92. The van der Waals surface area contributed by atoms with E-state index in [1.807, 2.05) is 19.0 Å². The Morgan fingerprint density at radius 1 is 1.19 bits per heavy atom. The Hall–Kier alpha value is -2.41. The van der Waals surface area contributed by atoms with Gasteiger partial charge in [0.25, 0.3) is 5.56 Å². The third-order valence-electron chi connectivity index (χ3n) is 3.22. The summed E-state index contributed by atoms with van der Waals surface area (Å²) >= 11 is 0. The average molecular weight is 290 g/mol. The quantitative estimate of drug-likeness (QED) is 0.781. The molecule has 1 aromatic heterocycles. The van der Waals surface area contributed by atoms with E-state index >= 15 is 0 Å². The van der Waals surface area contributed by atoms with E-state index in [1.165, 1.54) is 4.57 Å². The molecule has 112 valence electrons. The maximum atomic E-state index is 12.5. The number of para-hydroxylation sites is 1. The van der Waals surface area contributed by atoms with Gasteiger partial charge in [0.2, 0.25) is 5.91 Å². The first-order valence-electron chi connectivity index (χ1n) is 6.57. The summed E-state index contributed by atoms with van der Waals surface area (Å²) in [5.41, 5.74) is 4.76. The molecule has 0 aliphatic heterocycles. The van der Waals surface area contributed by atoms with Crippen LogP contribution in [-0.2, 0) is 17.9 Å². The molecular formula is C14H18N4O3. The van der Waals surface area contributed by atoms with Gasteiger partial charge < -0.3 is 10.6 Å². The lowest BCUT2D eigenvalue weighted by Gasteiger charge is -2.14. The van der Waals surface area contributed by atoms with Gasteiger partial charge in [0.15, 0.2) is 0 Å². The molecule has 0 unspecified atom stereocenters. The molecule has 0 spiro atoms. The van der Waals surface area contributed by atoms with E-state index in [-0.39, 0.29) is 18.6 Å². The van der Waals surface area contributed by atoms with Crippen LogP contribution in [0, 0.1) is 0 Å². The molecule has 0 radical (unpaired) electrons. The van der Waals surface area contributed by atoms with Crippen molar-refractivity contribution in [3.8, 4) is 0 Å². The van der Waals surface area contributed by atoms with Crippen LogP contribution >= 0.6 is 0 Å². The van der Waals surface area contributed by atoms with Gasteiger partial charge in [-0.25, -0.2) is 4.79 Å². The number of fused-ring (bicyclic) bond motifs is 1. The molecule has 0 saturated carbocycles. The van der Waals surface area contributed by atoms with Gasteiger partial charge in [0, 0.05) is 13.1 Å². The molecule has 7 heteroatoms. The molecular weight excluding hydrogens is 272 g/mol. The highest BCUT2D eigenvalue weighted by atomic mass is 16.2. The van der Waals surface area contributed by atoms with E-state index in [2.05, 4.69) is 0 Å². The molecule has 0 saturated heterocycles. The van der Waals surface area contributed by atoms with Crippen molar-refractivity contribution < 1.29 is 4.79 Å². The zero-order valence-electron chi connectivity index (χ0n) is 12.1. The topological polar surface area (TPSA) is 90.3 Å². The summed E-state index contributed by atoms with van der Waals surface area (Å²) < 4.78 is 2.39. The predicted octanol–water partition coefficient (Wildman–Crippen LogP) is -0.790. The number of benzene rings is 1. The molecule has 1 amide bonds. The first kappa shape index (κ1) is 15.0. The lowest BCUT2D eigenvalue weighted by Crippen LogP contribution is -2.43. The summed E-state index contributed by atoms with van der Waals surface area (Å²) in [7, 11) is 3.71. The zero-order chi connectivity index (χ0) is 15.6. The maximum Gasteiger partial charge on any atom is 0.331 e. The molecule has 2 aromatic rings. The number of carbonyl (C=O) groups excluding carboxylic acids is 1. The van der Waals surface area contributed by atoms with Crippen LogP contribution in [0.5, 0.6) is 0 Å². The second-order valence-corrected chi connectivity index (χ2v) is 5.11. The highest BCUT2D eigenvalue weighted by Gasteiger charge is 2.13. The molecule has 1 aromatic carbocycles. The van der Waals surface area contributed by atoms with E-state index in [4.69, 9.17) is 5.73 Å². The highest BCUT2D eigenvalue weighted by molar-refractivity contribution is 5.80. The fourth-order valence-electron chi connectivity index (χ4n) is 2.18. The summed E-state index contributed by atoms with van der Waals surface area (Å²) in [6, 6.07) is 6.71. The number of hydrogen-bond acceptors (Lipinski definition) is 4. The van der Waals surface area contributed by atoms with Gasteiger partial charge in [0.05, 0.1) is 10.9 Å². The number of rotatable bonds is 5. The third-order valence-corrected chi connectivity index (χ3v) is 3.22. The van der Waals surface area contributed by atoms with Crippen LogP contribution < -0.4 is 17.0 Å². The predicted molar refractivity (Wildman–Crippen MR) is 80.2 cm³/mol. The monoisotopic (exact) mass is 290 g/mol. The van der Waals surface area contributed by atoms with E-state index in [0.717, 1.165) is 4.57 Å². The van der Waals surface area contributed by atoms with Crippen molar-refractivity contribution in [1.82, 2.24) is 14.0 Å². The summed E-state index contributed by atoms with van der Waals surface area (Å²) in [5, 5.41) is 0.400. The van der Waals surface area contributed by atoms with Gasteiger partial charge in [0.1, 0.15) is 6.54 Å². The smallest absolute Gasteiger partial charge is 0.331 e. The molecule has 7 nitrogen and oxygen atoms in total. The van der Waals surface area contributed by atoms with Crippen molar-refractivity contribution in [1.29, 1.82) is 0 Å². The summed E-state index contributed by atoms with van der Waals surface area (Å²) in [6.07, 6.45) is 0. The standard InChI is InChI=1S/C14H18N4O3/c1-16(2)7-8-17-13(20)10-5-3-4-6-11(10)18(14(17)21)9-12(15)19/h3-6H,7-9H2,1-2H3,(H2,15,19). The molecule has 2 rings (SSSR count). The number of nitrogens with two attached hydrogens (primary N) is 1. The maximum absolute atomic E-state index is 12.5. The molecule has 0 aliphatic rings. The van der Waals surface area contributed by atoms with Crippen LogP contribution in [0.25, 0.3) is 10.9 Å². The van der Waals surface area contributed by atoms with Gasteiger partial charge in [-0.05, 0) is 26.2 Å². The Balaban J connectivity index is 2.72. The SMILES string of the molecule is CN(C)CCn1c(=O)c2ccccc2n(CC(N)=O)c1=O. The fourth-order valence-corrected chi connectivity index (χ4v) is 2.18. The van der Waals surface area contributed by atoms with Crippen LogP contribution in [0.15, 0.2) is 33.9 Å². The average Bonchev–Trinajstić information content (AvgIpc) is 2.43. The number of aromatic nitrogens is 2. The minimum Gasteiger partial charge on any atom is -0.368 e. The van der Waals surface area contributed by atoms with Crippen LogP contribution in [0.2, 0.25) is 0 Å². The number of carbonyl (C=O) groups is 1. The number of amides is 1. The lowest BCUT2D eigenvalue weighted by atomic mass is 10.2. The Morgan fingerprint density at radius 2 is 1.86 bits per heavy atom. The van der Waals surface area contributed by atoms with Crippen molar-refractivity contribution in [3.63, 3.8) is 0 Å². The lowest BCUT2D eigenvalue weighted by molar-refractivity contribution is -0.118. The van der Waals surface area contributed by atoms with Gasteiger partial charge >= 0.3 is 5.69 Å². The zero-order valence-corrected chi connectivity index (χ0v) is 12.1. The van der Waals surface area contributed by atoms with Gasteiger partial charge in [-0.15, -0.1) is 0 Å². The Morgan fingerprint density at radius 3 is 2.48 bits per heavy atom. The highest BCUT2D eigenvalue weighted by Crippen LogP contribution is 2.07. The minimum absolute atomic E-state index is 0.248. The fraction of sp³-hybridized carbons (Fsp3) is 0.357. The number of hydrogen-bond donors (Lipinski definition) is 1. The normalized spacial score (nSPS) is 11.2. The molecule has 1 heterocycles. The first-order chi connectivity index (χ1) is 9.91. The van der Waals surface area contributed by atoms with Gasteiger partial charge in [-0.2, -0.15) is 0 Å². The van der Waals surface area contributed by atoms with E-state index in [9.17, 15) is 14.4 Å². The van der Waals surface area contributed by atoms with Crippen molar-refractivity contribution >= 4 is 16.8 Å². The largest absolute Gasteiger partial charge is 0.368 e. The van der Waals surface area contributed by atoms with Crippen LogP contribution in [0.3, 0.4) is 0 Å². The van der Waals surface area contributed by atoms with Gasteiger partial charge in [-0.1, -0.05) is 12.1 Å². The number of primary amides is 1. The molecule has 0 aliphatic carbocycles. The van der Waals surface area contributed by atoms with Crippen LogP contribution in [-0.4, -0.2) is 40.6 Å². The molecule has 0 fully saturated rings. The molecule has 0 bridgehead atoms. The summed E-state index contributed by atoms with van der Waals surface area (Å²) in [6.45, 7) is 0.555. The van der Waals surface area contributed by atoms with Gasteiger partial charge in [-0.3, -0.25) is 18.7 Å². The van der Waals surface area contributed by atoms with E-state index in [1.54, 1.807) is 24.3 Å². The van der Waals surface area contributed by atoms with Crippen molar-refractivity contribution in [3.05, 3.63) is 45.1 Å². The summed E-state index contributed by atoms with van der Waals surface area (Å²) in [5.74, 6) is -0.625. The second-order valence-electron chi connectivity index (χ2n) is 5.11. The van der Waals surface area contributed by atoms with Crippen LogP contribution in [0.1, 0.15) is 0 Å². The Labute approximate surface area is 121 Å². The van der Waals surface area contributed by atoms with Crippen molar-refractivity contribution in [2.45, 2.75) is 13.1 Å². The minimum atomic E-state index is -0.625. The number of nitrogens with zero attached hydrogens (tertiary/aromatic N) is 3. The Bertz CT molecular complexity index is 789. The number of likely N-dealkylation sites (N-methyl/N-ethyl adjacent to an activating group) is 1. The van der Waals surface area contributed by atoms with Crippen LogP contribution in [0.4, 0.5) is 0 Å². The molecule has 0 atom stereocenters. The van der Waals surface area contributed by atoms with Crippen molar-refractivity contribution in [2.75, 3.05) is 20.6 Å². The van der Waals surface area contributed by atoms with Crippen molar-refractivity contribution in [2.24, 2.45) is 5.73 Å².